The van der Waals surface area contributed by atoms with Gasteiger partial charge in [0.2, 0.25) is 0 Å². The second-order valence-electron chi connectivity index (χ2n) is 3.68. The molecule has 0 saturated carbocycles. The zero-order valence-corrected chi connectivity index (χ0v) is 10.1. The minimum absolute atomic E-state index is 0.445. The summed E-state index contributed by atoms with van der Waals surface area (Å²) in [7, 11) is 2.07. The molecule has 0 aliphatic heterocycles. The monoisotopic (exact) mass is 227 g/mol. The number of hydrogen-bond donors (Lipinski definition) is 1. The topological polar surface area (TPSA) is 69.2 Å². The maximum atomic E-state index is 5.46. The van der Waals surface area contributed by atoms with Crippen LogP contribution in [0.5, 0.6) is 0 Å². The molecule has 0 atom stereocenters. The summed E-state index contributed by atoms with van der Waals surface area (Å²) in [5.41, 5.74) is 6.29. The molecular formula is C10H21N5O. The van der Waals surface area contributed by atoms with Gasteiger partial charge in [-0.25, -0.2) is 0 Å². The van der Waals surface area contributed by atoms with Gasteiger partial charge < -0.3 is 15.4 Å². The zero-order chi connectivity index (χ0) is 11.8. The van der Waals surface area contributed by atoms with E-state index in [1.54, 1.807) is 0 Å². The van der Waals surface area contributed by atoms with Gasteiger partial charge in [-0.15, -0.1) is 5.10 Å². The quantitative estimate of drug-likeness (QED) is 0.618. The highest BCUT2D eigenvalue weighted by Crippen LogP contribution is 1.92. The van der Waals surface area contributed by atoms with E-state index in [1.807, 2.05) is 17.8 Å². The molecule has 1 aromatic rings. The summed E-state index contributed by atoms with van der Waals surface area (Å²) >= 11 is 0. The summed E-state index contributed by atoms with van der Waals surface area (Å²) in [4.78, 5) is 2.21. The van der Waals surface area contributed by atoms with Crippen LogP contribution in [-0.2, 0) is 17.8 Å². The largest absolute Gasteiger partial charge is 0.380 e. The smallest absolute Gasteiger partial charge is 0.0962 e. The van der Waals surface area contributed by atoms with Gasteiger partial charge in [-0.3, -0.25) is 4.68 Å². The van der Waals surface area contributed by atoms with Crippen LogP contribution in [0.25, 0.3) is 0 Å². The molecule has 16 heavy (non-hydrogen) atoms. The molecule has 1 heterocycles. The summed E-state index contributed by atoms with van der Waals surface area (Å²) in [5.74, 6) is 0. The maximum absolute atomic E-state index is 5.46. The summed E-state index contributed by atoms with van der Waals surface area (Å²) < 4.78 is 7.10. The van der Waals surface area contributed by atoms with Gasteiger partial charge in [-0.2, -0.15) is 0 Å². The fourth-order valence-electron chi connectivity index (χ4n) is 1.29. The highest BCUT2D eigenvalue weighted by Gasteiger charge is 2.01. The molecule has 1 rings (SSSR count). The van der Waals surface area contributed by atoms with Gasteiger partial charge in [0.15, 0.2) is 0 Å². The number of nitrogens with zero attached hydrogens (tertiary/aromatic N) is 4. The van der Waals surface area contributed by atoms with Crippen LogP contribution in [-0.4, -0.2) is 53.2 Å². The molecule has 6 heteroatoms. The van der Waals surface area contributed by atoms with E-state index in [4.69, 9.17) is 10.5 Å². The predicted octanol–water partition coefficient (Wildman–Crippen LogP) is -0.295. The second-order valence-corrected chi connectivity index (χ2v) is 3.68. The van der Waals surface area contributed by atoms with E-state index in [0.717, 1.165) is 38.5 Å². The van der Waals surface area contributed by atoms with Gasteiger partial charge in [-0.1, -0.05) is 5.21 Å². The van der Waals surface area contributed by atoms with Crippen LogP contribution in [0.4, 0.5) is 0 Å². The number of hydrogen-bond acceptors (Lipinski definition) is 5. The number of likely N-dealkylation sites (N-methyl/N-ethyl adjacent to an activating group) is 1. The van der Waals surface area contributed by atoms with Gasteiger partial charge in [0, 0.05) is 32.4 Å². The van der Waals surface area contributed by atoms with E-state index in [2.05, 4.69) is 22.3 Å². The summed E-state index contributed by atoms with van der Waals surface area (Å²) in [5, 5.41) is 7.92. The molecule has 0 aliphatic carbocycles. The van der Waals surface area contributed by atoms with E-state index in [-0.39, 0.29) is 0 Å². The number of nitrogens with two attached hydrogens (primary N) is 1. The lowest BCUT2D eigenvalue weighted by Gasteiger charge is -2.15. The Labute approximate surface area is 96.4 Å². The van der Waals surface area contributed by atoms with Crippen molar-refractivity contribution in [3.8, 4) is 0 Å². The van der Waals surface area contributed by atoms with Crippen molar-refractivity contribution in [2.75, 3.05) is 33.4 Å². The normalized spacial score (nSPS) is 11.2. The molecular weight excluding hydrogens is 206 g/mol. The Hall–Kier alpha value is -0.980. The van der Waals surface area contributed by atoms with E-state index < -0.39 is 0 Å². The first-order valence-electron chi connectivity index (χ1n) is 5.61. The van der Waals surface area contributed by atoms with Crippen molar-refractivity contribution in [1.29, 1.82) is 0 Å². The summed E-state index contributed by atoms with van der Waals surface area (Å²) in [6, 6.07) is 0. The highest BCUT2D eigenvalue weighted by molar-refractivity contribution is 4.90. The van der Waals surface area contributed by atoms with Crippen molar-refractivity contribution >= 4 is 0 Å². The Balaban J connectivity index is 2.18. The third-order valence-corrected chi connectivity index (χ3v) is 2.33. The minimum Gasteiger partial charge on any atom is -0.380 e. The maximum Gasteiger partial charge on any atom is 0.0962 e. The van der Waals surface area contributed by atoms with E-state index in [9.17, 15) is 0 Å². The average molecular weight is 227 g/mol. The van der Waals surface area contributed by atoms with Gasteiger partial charge in [0.05, 0.1) is 18.8 Å². The van der Waals surface area contributed by atoms with Crippen LogP contribution in [0.1, 0.15) is 12.6 Å². The third-order valence-electron chi connectivity index (χ3n) is 2.33. The molecule has 0 fully saturated rings. The van der Waals surface area contributed by atoms with Crippen LogP contribution in [0.2, 0.25) is 0 Å². The molecule has 0 spiro atoms. The molecule has 0 aromatic carbocycles. The van der Waals surface area contributed by atoms with Gasteiger partial charge in [0.1, 0.15) is 0 Å². The number of ether oxygens (including phenoxy) is 1. The fraction of sp³-hybridized carbons (Fsp3) is 0.800. The van der Waals surface area contributed by atoms with Gasteiger partial charge >= 0.3 is 0 Å². The van der Waals surface area contributed by atoms with Crippen molar-refractivity contribution in [3.05, 3.63) is 11.9 Å². The fourth-order valence-corrected chi connectivity index (χ4v) is 1.29. The van der Waals surface area contributed by atoms with Crippen LogP contribution in [0, 0.1) is 0 Å². The molecule has 0 saturated heterocycles. The predicted molar refractivity (Wildman–Crippen MR) is 61.9 cm³/mol. The van der Waals surface area contributed by atoms with Crippen molar-refractivity contribution < 1.29 is 4.74 Å². The van der Waals surface area contributed by atoms with Crippen LogP contribution < -0.4 is 5.73 Å². The van der Waals surface area contributed by atoms with E-state index >= 15 is 0 Å². The molecule has 92 valence electrons. The molecule has 0 bridgehead atoms. The SMILES string of the molecule is CCOCCN(C)CCn1cc(CN)nn1. The standard InChI is InChI=1S/C10H21N5O/c1-3-16-7-6-14(2)4-5-15-9-10(8-11)12-13-15/h9H,3-8,11H2,1-2H3. The van der Waals surface area contributed by atoms with Gasteiger partial charge in [0.25, 0.3) is 0 Å². The number of rotatable bonds is 8. The summed E-state index contributed by atoms with van der Waals surface area (Å²) in [6.45, 7) is 6.70. The van der Waals surface area contributed by atoms with Crippen molar-refractivity contribution in [3.63, 3.8) is 0 Å². The van der Waals surface area contributed by atoms with E-state index in [0.29, 0.717) is 6.54 Å². The van der Waals surface area contributed by atoms with Crippen molar-refractivity contribution in [1.82, 2.24) is 19.9 Å². The molecule has 6 nitrogen and oxygen atoms in total. The van der Waals surface area contributed by atoms with Crippen LogP contribution >= 0.6 is 0 Å². The highest BCUT2D eigenvalue weighted by atomic mass is 16.5. The van der Waals surface area contributed by atoms with Gasteiger partial charge in [-0.05, 0) is 14.0 Å². The Morgan fingerprint density at radius 1 is 1.50 bits per heavy atom. The Morgan fingerprint density at radius 2 is 2.31 bits per heavy atom. The molecule has 0 unspecified atom stereocenters. The third kappa shape index (κ3) is 4.69. The van der Waals surface area contributed by atoms with Crippen LogP contribution in [0.3, 0.4) is 0 Å². The Morgan fingerprint density at radius 3 is 2.94 bits per heavy atom. The Bertz CT molecular complexity index is 288. The molecule has 2 N–H and O–H groups in total. The molecule has 0 radical (unpaired) electrons. The molecule has 1 aromatic heterocycles. The van der Waals surface area contributed by atoms with Crippen molar-refractivity contribution in [2.24, 2.45) is 5.73 Å². The zero-order valence-electron chi connectivity index (χ0n) is 10.1. The molecule has 0 aliphatic rings. The second kappa shape index (κ2) is 7.32. The average Bonchev–Trinajstić information content (AvgIpc) is 2.74. The first kappa shape index (κ1) is 13.1. The van der Waals surface area contributed by atoms with E-state index in [1.165, 1.54) is 0 Å². The van der Waals surface area contributed by atoms with Crippen LogP contribution in [0.15, 0.2) is 6.20 Å². The lowest BCUT2D eigenvalue weighted by atomic mass is 10.5. The number of aromatic nitrogens is 3. The first-order valence-corrected chi connectivity index (χ1v) is 5.61. The van der Waals surface area contributed by atoms with Crippen molar-refractivity contribution in [2.45, 2.75) is 20.0 Å². The minimum atomic E-state index is 0.445. The first-order chi connectivity index (χ1) is 7.76. The Kier molecular flexibility index (Phi) is 5.99. The lowest BCUT2D eigenvalue weighted by molar-refractivity contribution is 0.120. The lowest BCUT2D eigenvalue weighted by Crippen LogP contribution is -2.27. The summed E-state index contributed by atoms with van der Waals surface area (Å²) in [6.07, 6.45) is 1.89. The molecule has 0 amide bonds.